The summed E-state index contributed by atoms with van der Waals surface area (Å²) in [5.74, 6) is 0.292. The maximum Gasteiger partial charge on any atom is 0.322 e. The molecular weight excluding hydrogens is 341 g/mol. The van der Waals surface area contributed by atoms with Crippen molar-refractivity contribution in [1.29, 1.82) is 0 Å². The number of rotatable bonds is 3. The lowest BCUT2D eigenvalue weighted by molar-refractivity contribution is 0.440. The van der Waals surface area contributed by atoms with E-state index >= 15 is 0 Å². The van der Waals surface area contributed by atoms with Gasteiger partial charge < -0.3 is 10.5 Å². The first-order valence-electron chi connectivity index (χ1n) is 5.34. The molecule has 0 radical (unpaired) electrons. The Kier molecular flexibility index (Phi) is 4.65. The van der Waals surface area contributed by atoms with Gasteiger partial charge in [0, 0.05) is 11.8 Å². The summed E-state index contributed by atoms with van der Waals surface area (Å²) in [4.78, 5) is 8.36. The highest BCUT2D eigenvalue weighted by atomic mass is 35.5. The quantitative estimate of drug-likeness (QED) is 0.666. The number of nitrogens with zero attached hydrogens (tertiary/aromatic N) is 2. The number of hydrogen-bond donors (Lipinski definition) is 1. The third-order valence-electron chi connectivity index (χ3n) is 2.26. The van der Waals surface area contributed by atoms with Crippen LogP contribution in [0.15, 0.2) is 18.2 Å². The summed E-state index contributed by atoms with van der Waals surface area (Å²) in [6, 6.07) is 4.70. The molecule has 0 spiro atoms. The Balaban J connectivity index is 2.40. The normalized spacial score (nSPS) is 10.4. The van der Waals surface area contributed by atoms with Gasteiger partial charge in [0.2, 0.25) is 0 Å². The van der Waals surface area contributed by atoms with E-state index in [1.165, 1.54) is 12.1 Å². The molecule has 0 bridgehead atoms. The fraction of sp³-hybridized carbons (Fsp3) is 0.0833. The lowest BCUT2D eigenvalue weighted by atomic mass is 10.3. The Labute approximate surface area is 135 Å². The molecule has 8 heteroatoms. The lowest BCUT2D eigenvalue weighted by Crippen LogP contribution is -2.13. The van der Waals surface area contributed by atoms with E-state index in [4.69, 9.17) is 57.5 Å². The maximum atomic E-state index is 6.02. The van der Waals surface area contributed by atoms with Gasteiger partial charge in [0.25, 0.3) is 0 Å². The summed E-state index contributed by atoms with van der Waals surface area (Å²) in [7, 11) is 0. The standard InChI is InChI=1S/C12H8Cl3N3OS/c1-5-2-9(11(16)20)18-12(17-5)19-10-4-7(14)6(13)3-8(10)15/h2-4H,1H3,(H2,16,20). The number of hydrogen-bond acceptors (Lipinski definition) is 4. The zero-order valence-electron chi connectivity index (χ0n) is 10.2. The number of thiocarbonyl (C=S) groups is 1. The Hall–Kier alpha value is -1.14. The number of ether oxygens (including phenoxy) is 1. The zero-order valence-corrected chi connectivity index (χ0v) is 13.2. The molecule has 0 aliphatic rings. The summed E-state index contributed by atoms with van der Waals surface area (Å²) in [6.45, 7) is 1.77. The molecule has 1 heterocycles. The highest BCUT2D eigenvalue weighted by molar-refractivity contribution is 7.80. The molecule has 104 valence electrons. The van der Waals surface area contributed by atoms with Crippen molar-refractivity contribution in [2.75, 3.05) is 0 Å². The predicted molar refractivity (Wildman–Crippen MR) is 84.2 cm³/mol. The van der Waals surface area contributed by atoms with Crippen LogP contribution in [0.5, 0.6) is 11.8 Å². The van der Waals surface area contributed by atoms with E-state index in [1.54, 1.807) is 13.0 Å². The van der Waals surface area contributed by atoms with E-state index in [-0.39, 0.29) is 11.0 Å². The topological polar surface area (TPSA) is 61.0 Å². The molecular formula is C12H8Cl3N3OS. The Bertz CT molecular complexity index is 694. The van der Waals surface area contributed by atoms with Gasteiger partial charge in [0.15, 0.2) is 5.75 Å². The molecule has 0 saturated heterocycles. The lowest BCUT2D eigenvalue weighted by Gasteiger charge is -2.09. The van der Waals surface area contributed by atoms with Gasteiger partial charge in [-0.15, -0.1) is 0 Å². The van der Waals surface area contributed by atoms with Crippen LogP contribution in [0.3, 0.4) is 0 Å². The summed E-state index contributed by atoms with van der Waals surface area (Å²) in [5, 5.41) is 0.938. The van der Waals surface area contributed by atoms with Crippen molar-refractivity contribution >= 4 is 52.0 Å². The number of aromatic nitrogens is 2. The molecule has 0 saturated carbocycles. The average molecular weight is 349 g/mol. The Morgan fingerprint density at radius 1 is 1.10 bits per heavy atom. The van der Waals surface area contributed by atoms with E-state index in [0.717, 1.165) is 0 Å². The largest absolute Gasteiger partial charge is 0.423 e. The van der Waals surface area contributed by atoms with Crippen molar-refractivity contribution in [1.82, 2.24) is 9.97 Å². The molecule has 0 fully saturated rings. The molecule has 2 N–H and O–H groups in total. The van der Waals surface area contributed by atoms with Crippen LogP contribution in [0.25, 0.3) is 0 Å². The molecule has 0 aliphatic heterocycles. The van der Waals surface area contributed by atoms with Crippen molar-refractivity contribution in [2.45, 2.75) is 6.92 Å². The van der Waals surface area contributed by atoms with E-state index in [1.807, 2.05) is 0 Å². The van der Waals surface area contributed by atoms with Gasteiger partial charge >= 0.3 is 6.01 Å². The molecule has 0 aliphatic carbocycles. The Morgan fingerprint density at radius 3 is 2.40 bits per heavy atom. The molecule has 0 amide bonds. The van der Waals surface area contributed by atoms with E-state index in [0.29, 0.717) is 32.2 Å². The average Bonchev–Trinajstić information content (AvgIpc) is 2.35. The van der Waals surface area contributed by atoms with Crippen LogP contribution >= 0.6 is 47.0 Å². The minimum atomic E-state index is 0.0769. The van der Waals surface area contributed by atoms with Crippen molar-refractivity contribution in [2.24, 2.45) is 5.73 Å². The predicted octanol–water partition coefficient (Wildman–Crippen LogP) is 4.17. The SMILES string of the molecule is Cc1cc(C(N)=S)nc(Oc2cc(Cl)c(Cl)cc2Cl)n1. The first kappa shape index (κ1) is 15.3. The van der Waals surface area contributed by atoms with Gasteiger partial charge in [-0.3, -0.25) is 0 Å². The third-order valence-corrected chi connectivity index (χ3v) is 3.49. The summed E-state index contributed by atoms with van der Waals surface area (Å²) in [6.07, 6.45) is 0. The van der Waals surface area contributed by atoms with Crippen LogP contribution in [0.1, 0.15) is 11.4 Å². The number of halogens is 3. The third kappa shape index (κ3) is 3.49. The molecule has 1 aromatic carbocycles. The second-order valence-electron chi connectivity index (χ2n) is 3.84. The second-order valence-corrected chi connectivity index (χ2v) is 5.50. The van der Waals surface area contributed by atoms with Gasteiger partial charge in [-0.1, -0.05) is 47.0 Å². The summed E-state index contributed by atoms with van der Waals surface area (Å²) in [5.41, 5.74) is 6.62. The minimum Gasteiger partial charge on any atom is -0.423 e. The van der Waals surface area contributed by atoms with Crippen LogP contribution in [-0.2, 0) is 0 Å². The minimum absolute atomic E-state index is 0.0769. The van der Waals surface area contributed by atoms with Gasteiger partial charge in [0.05, 0.1) is 15.1 Å². The van der Waals surface area contributed by atoms with Gasteiger partial charge in [-0.25, -0.2) is 4.98 Å². The van der Waals surface area contributed by atoms with Gasteiger partial charge in [0.1, 0.15) is 10.7 Å². The van der Waals surface area contributed by atoms with Crippen LogP contribution in [-0.4, -0.2) is 15.0 Å². The van der Waals surface area contributed by atoms with Crippen LogP contribution in [0.4, 0.5) is 0 Å². The number of benzene rings is 1. The van der Waals surface area contributed by atoms with Crippen LogP contribution in [0, 0.1) is 6.92 Å². The van der Waals surface area contributed by atoms with Gasteiger partial charge in [-0.05, 0) is 19.1 Å². The first-order chi connectivity index (χ1) is 9.36. The first-order valence-corrected chi connectivity index (χ1v) is 6.89. The van der Waals surface area contributed by atoms with Crippen LogP contribution in [0.2, 0.25) is 15.1 Å². The molecule has 0 unspecified atom stereocenters. The van der Waals surface area contributed by atoms with Gasteiger partial charge in [-0.2, -0.15) is 4.98 Å². The molecule has 2 aromatic rings. The van der Waals surface area contributed by atoms with E-state index in [2.05, 4.69) is 9.97 Å². The molecule has 2 rings (SSSR count). The van der Waals surface area contributed by atoms with Crippen molar-refractivity contribution in [3.8, 4) is 11.8 Å². The maximum absolute atomic E-state index is 6.02. The fourth-order valence-electron chi connectivity index (χ4n) is 1.39. The second kappa shape index (κ2) is 6.10. The monoisotopic (exact) mass is 347 g/mol. The van der Waals surface area contributed by atoms with Crippen molar-refractivity contribution in [3.63, 3.8) is 0 Å². The molecule has 20 heavy (non-hydrogen) atoms. The molecule has 4 nitrogen and oxygen atoms in total. The number of nitrogens with two attached hydrogens (primary N) is 1. The Morgan fingerprint density at radius 2 is 1.75 bits per heavy atom. The van der Waals surface area contributed by atoms with E-state index < -0.39 is 0 Å². The van der Waals surface area contributed by atoms with Crippen molar-refractivity contribution in [3.05, 3.63) is 44.7 Å². The van der Waals surface area contributed by atoms with Crippen molar-refractivity contribution < 1.29 is 4.74 Å². The molecule has 0 atom stereocenters. The summed E-state index contributed by atoms with van der Waals surface area (Å²) >= 11 is 22.7. The number of aryl methyl sites for hydroxylation is 1. The highest BCUT2D eigenvalue weighted by Gasteiger charge is 2.11. The zero-order chi connectivity index (χ0) is 14.9. The van der Waals surface area contributed by atoms with E-state index in [9.17, 15) is 0 Å². The highest BCUT2D eigenvalue weighted by Crippen LogP contribution is 2.35. The molecule has 1 aromatic heterocycles. The van der Waals surface area contributed by atoms with Crippen LogP contribution < -0.4 is 10.5 Å². The smallest absolute Gasteiger partial charge is 0.322 e. The fourth-order valence-corrected chi connectivity index (χ4v) is 2.07. The summed E-state index contributed by atoms with van der Waals surface area (Å²) < 4.78 is 5.50.